The zero-order valence-corrected chi connectivity index (χ0v) is 21.7. The summed E-state index contributed by atoms with van der Waals surface area (Å²) in [4.78, 5) is 37.3. The molecule has 3 heterocycles. The van der Waals surface area contributed by atoms with Crippen molar-refractivity contribution in [3.05, 3.63) is 53.6 Å². The molecule has 2 aliphatic rings. The second-order valence-corrected chi connectivity index (χ2v) is 10.3. The van der Waals surface area contributed by atoms with Gasteiger partial charge < -0.3 is 24.7 Å². The summed E-state index contributed by atoms with van der Waals surface area (Å²) in [6.07, 6.45) is 11.0. The van der Waals surface area contributed by atoms with Gasteiger partial charge in [0.25, 0.3) is 0 Å². The van der Waals surface area contributed by atoms with Crippen molar-refractivity contribution in [3.8, 4) is 17.0 Å². The number of nitrogens with zero attached hydrogens (tertiary/aromatic N) is 3. The molecule has 4 rings (SSSR count). The molecule has 0 aromatic carbocycles. The molecule has 2 aromatic rings. The molecule has 1 aliphatic heterocycles. The molecule has 9 nitrogen and oxygen atoms in total. The highest BCUT2D eigenvalue weighted by Crippen LogP contribution is 2.40. The fourth-order valence-corrected chi connectivity index (χ4v) is 4.15. The highest BCUT2D eigenvalue weighted by atomic mass is 16.6. The number of carbonyl (C=O) groups excluding carboxylic acids is 2. The van der Waals surface area contributed by atoms with Crippen LogP contribution in [0, 0.1) is 0 Å². The standard InChI is InChI=1S/C27H35N5O4/c1-27(2,3)36-26(34)32-16-20-23(21(33)17-32)25(29-18-9-7-6-8-10-18)24(30-20)19-11-12-28-15-22(19)35-14-13-31(4)5/h7,9-12,15,29-30H,6,8,13-14,16-17H2,1-5H3. The van der Waals surface area contributed by atoms with E-state index in [1.807, 2.05) is 51.9 Å². The number of carbonyl (C=O) groups is 2. The summed E-state index contributed by atoms with van der Waals surface area (Å²) in [5.74, 6) is 0.460. The molecule has 1 aliphatic carbocycles. The number of nitrogens with one attached hydrogen (secondary N) is 2. The van der Waals surface area contributed by atoms with Gasteiger partial charge in [0, 0.05) is 29.7 Å². The van der Waals surface area contributed by atoms with Crippen LogP contribution in [0.25, 0.3) is 11.3 Å². The average Bonchev–Trinajstić information content (AvgIpc) is 3.17. The number of ether oxygens (including phenoxy) is 2. The molecule has 192 valence electrons. The minimum Gasteiger partial charge on any atom is -0.490 e. The number of hydrogen-bond donors (Lipinski definition) is 2. The van der Waals surface area contributed by atoms with Gasteiger partial charge in [0.05, 0.1) is 36.2 Å². The number of aromatic nitrogens is 2. The summed E-state index contributed by atoms with van der Waals surface area (Å²) < 4.78 is 11.6. The van der Waals surface area contributed by atoms with Crippen molar-refractivity contribution in [1.82, 2.24) is 19.8 Å². The monoisotopic (exact) mass is 493 g/mol. The Balaban J connectivity index is 1.74. The van der Waals surface area contributed by atoms with E-state index in [0.29, 0.717) is 29.3 Å². The Morgan fingerprint density at radius 1 is 1.25 bits per heavy atom. The number of amides is 1. The van der Waals surface area contributed by atoms with Crippen molar-refractivity contribution in [2.75, 3.05) is 39.1 Å². The van der Waals surface area contributed by atoms with Gasteiger partial charge in [-0.3, -0.25) is 14.7 Å². The lowest BCUT2D eigenvalue weighted by Gasteiger charge is -2.29. The van der Waals surface area contributed by atoms with E-state index in [1.165, 1.54) is 4.90 Å². The maximum absolute atomic E-state index is 13.4. The number of pyridine rings is 1. The molecule has 2 N–H and O–H groups in total. The summed E-state index contributed by atoms with van der Waals surface area (Å²) in [6.45, 7) is 6.86. The van der Waals surface area contributed by atoms with E-state index < -0.39 is 11.7 Å². The number of likely N-dealkylation sites (N-methyl/N-ethyl adjacent to an activating group) is 1. The molecule has 0 spiro atoms. The molecule has 0 radical (unpaired) electrons. The number of allylic oxidation sites excluding steroid dienone is 3. The molecular formula is C27H35N5O4. The van der Waals surface area contributed by atoms with Gasteiger partial charge in [-0.05, 0) is 59.9 Å². The summed E-state index contributed by atoms with van der Waals surface area (Å²) in [7, 11) is 3.98. The average molecular weight is 494 g/mol. The molecule has 0 atom stereocenters. The third kappa shape index (κ3) is 5.96. The van der Waals surface area contributed by atoms with E-state index in [0.717, 1.165) is 36.3 Å². The topological polar surface area (TPSA) is 99.8 Å². The molecule has 2 aromatic heterocycles. The molecule has 36 heavy (non-hydrogen) atoms. The predicted octanol–water partition coefficient (Wildman–Crippen LogP) is 4.60. The van der Waals surface area contributed by atoms with Crippen molar-refractivity contribution in [2.24, 2.45) is 0 Å². The van der Waals surface area contributed by atoms with Crippen molar-refractivity contribution in [1.29, 1.82) is 0 Å². The Hall–Kier alpha value is -3.59. The van der Waals surface area contributed by atoms with E-state index in [2.05, 4.69) is 27.4 Å². The number of anilines is 1. The molecule has 1 amide bonds. The molecule has 0 saturated carbocycles. The summed E-state index contributed by atoms with van der Waals surface area (Å²) in [5, 5.41) is 3.47. The van der Waals surface area contributed by atoms with Crippen LogP contribution in [0.15, 0.2) is 42.4 Å². The van der Waals surface area contributed by atoms with Crippen LogP contribution in [0.1, 0.15) is 49.7 Å². The normalized spacial score (nSPS) is 15.6. The van der Waals surface area contributed by atoms with Crippen LogP contribution in [-0.2, 0) is 11.3 Å². The van der Waals surface area contributed by atoms with Crippen molar-refractivity contribution < 1.29 is 19.1 Å². The van der Waals surface area contributed by atoms with Gasteiger partial charge in [0.2, 0.25) is 0 Å². The largest absolute Gasteiger partial charge is 0.490 e. The highest BCUT2D eigenvalue weighted by Gasteiger charge is 2.35. The SMILES string of the molecule is CN(C)CCOc1cnccc1-c1[nH]c2c(c1NC1=CCCC=C1)C(=O)CN(C(=O)OC(C)(C)C)C2. The van der Waals surface area contributed by atoms with Crippen LogP contribution in [0.2, 0.25) is 0 Å². The molecular weight excluding hydrogens is 458 g/mol. The van der Waals surface area contributed by atoms with Gasteiger partial charge in [-0.15, -0.1) is 0 Å². The number of fused-ring (bicyclic) bond motifs is 1. The Kier molecular flexibility index (Phi) is 7.49. The van der Waals surface area contributed by atoms with Gasteiger partial charge >= 0.3 is 6.09 Å². The van der Waals surface area contributed by atoms with Gasteiger partial charge in [0.1, 0.15) is 18.0 Å². The van der Waals surface area contributed by atoms with E-state index in [-0.39, 0.29) is 18.9 Å². The number of hydrogen-bond acceptors (Lipinski definition) is 7. The summed E-state index contributed by atoms with van der Waals surface area (Å²) in [5.41, 5.74) is 3.69. The van der Waals surface area contributed by atoms with E-state index in [1.54, 1.807) is 12.4 Å². The van der Waals surface area contributed by atoms with Crippen LogP contribution in [0.3, 0.4) is 0 Å². The number of aromatic amines is 1. The van der Waals surface area contributed by atoms with Crippen LogP contribution in [0.4, 0.5) is 10.5 Å². The van der Waals surface area contributed by atoms with Crippen molar-refractivity contribution in [2.45, 2.75) is 45.8 Å². The number of rotatable bonds is 7. The van der Waals surface area contributed by atoms with Crippen LogP contribution < -0.4 is 10.1 Å². The lowest BCUT2D eigenvalue weighted by molar-refractivity contribution is 0.0218. The third-order valence-corrected chi connectivity index (χ3v) is 5.81. The quantitative estimate of drug-likeness (QED) is 0.582. The first-order valence-corrected chi connectivity index (χ1v) is 12.2. The first kappa shape index (κ1) is 25.5. The summed E-state index contributed by atoms with van der Waals surface area (Å²) >= 11 is 0. The minimum absolute atomic E-state index is 0.0503. The second kappa shape index (κ2) is 10.6. The number of Topliss-reactive ketones (excluding diaryl/α,β-unsaturated/α-hetero) is 1. The van der Waals surface area contributed by atoms with Crippen molar-refractivity contribution >= 4 is 17.6 Å². The van der Waals surface area contributed by atoms with Gasteiger partial charge in [-0.25, -0.2) is 4.79 Å². The highest BCUT2D eigenvalue weighted by molar-refractivity contribution is 6.09. The molecule has 0 saturated heterocycles. The Morgan fingerprint density at radius 3 is 2.75 bits per heavy atom. The lowest BCUT2D eigenvalue weighted by Crippen LogP contribution is -2.42. The van der Waals surface area contributed by atoms with E-state index in [4.69, 9.17) is 9.47 Å². The maximum Gasteiger partial charge on any atom is 0.411 e. The predicted molar refractivity (Wildman–Crippen MR) is 139 cm³/mol. The zero-order valence-electron chi connectivity index (χ0n) is 21.7. The van der Waals surface area contributed by atoms with Crippen molar-refractivity contribution in [3.63, 3.8) is 0 Å². The molecule has 0 fully saturated rings. The summed E-state index contributed by atoms with van der Waals surface area (Å²) in [6, 6.07) is 1.87. The lowest BCUT2D eigenvalue weighted by atomic mass is 10.0. The van der Waals surface area contributed by atoms with E-state index >= 15 is 0 Å². The Morgan fingerprint density at radius 2 is 2.06 bits per heavy atom. The van der Waals surface area contributed by atoms with Gasteiger partial charge in [0.15, 0.2) is 5.78 Å². The second-order valence-electron chi connectivity index (χ2n) is 10.3. The smallest absolute Gasteiger partial charge is 0.411 e. The number of H-pyrrole nitrogens is 1. The third-order valence-electron chi connectivity index (χ3n) is 5.81. The molecule has 9 heteroatoms. The molecule has 0 unspecified atom stereocenters. The van der Waals surface area contributed by atoms with Crippen LogP contribution in [0.5, 0.6) is 5.75 Å². The minimum atomic E-state index is -0.649. The van der Waals surface area contributed by atoms with Crippen LogP contribution in [-0.4, -0.2) is 71.0 Å². The van der Waals surface area contributed by atoms with Crippen LogP contribution >= 0.6 is 0 Å². The van der Waals surface area contributed by atoms with Gasteiger partial charge in [-0.2, -0.15) is 0 Å². The number of ketones is 1. The first-order valence-electron chi connectivity index (χ1n) is 12.2. The fraction of sp³-hybridized carbons (Fsp3) is 0.444. The Bertz CT molecular complexity index is 1190. The van der Waals surface area contributed by atoms with E-state index in [9.17, 15) is 9.59 Å². The maximum atomic E-state index is 13.4. The molecule has 0 bridgehead atoms. The fourth-order valence-electron chi connectivity index (χ4n) is 4.15. The first-order chi connectivity index (χ1) is 17.1. The zero-order chi connectivity index (χ0) is 25.9. The van der Waals surface area contributed by atoms with Gasteiger partial charge in [-0.1, -0.05) is 12.2 Å². The Labute approximate surface area is 212 Å².